The molecule has 0 saturated heterocycles. The van der Waals surface area contributed by atoms with Crippen molar-refractivity contribution in [2.24, 2.45) is 0 Å². The summed E-state index contributed by atoms with van der Waals surface area (Å²) in [5.74, 6) is -0.260. The van der Waals surface area contributed by atoms with E-state index in [1.807, 2.05) is 37.3 Å². The van der Waals surface area contributed by atoms with E-state index in [4.69, 9.17) is 4.74 Å². The monoisotopic (exact) mass is 283 g/mol. The summed E-state index contributed by atoms with van der Waals surface area (Å²) in [6.07, 6.45) is 0. The Morgan fingerprint density at radius 1 is 1.05 bits per heavy atom. The van der Waals surface area contributed by atoms with Crippen molar-refractivity contribution >= 4 is 5.97 Å². The van der Waals surface area contributed by atoms with Crippen molar-refractivity contribution < 1.29 is 9.53 Å². The smallest absolute Gasteiger partial charge is 0.322 e. The van der Waals surface area contributed by atoms with E-state index in [9.17, 15) is 4.79 Å². The second-order valence-corrected chi connectivity index (χ2v) is 5.11. The molecule has 0 aliphatic carbocycles. The lowest BCUT2D eigenvalue weighted by Crippen LogP contribution is -2.38. The molecule has 0 aliphatic heterocycles. The minimum atomic E-state index is -0.375. The third-order valence-corrected chi connectivity index (χ3v) is 3.60. The van der Waals surface area contributed by atoms with Gasteiger partial charge in [0.15, 0.2) is 0 Å². The van der Waals surface area contributed by atoms with Crippen LogP contribution in [-0.2, 0) is 9.53 Å². The van der Waals surface area contributed by atoms with Gasteiger partial charge >= 0.3 is 5.97 Å². The first-order valence-electron chi connectivity index (χ1n) is 7.08. The van der Waals surface area contributed by atoms with Crippen LogP contribution in [0.1, 0.15) is 29.7 Å². The molecule has 3 heteroatoms. The molecule has 2 atom stereocenters. The van der Waals surface area contributed by atoms with Crippen LogP contribution in [0.3, 0.4) is 0 Å². The van der Waals surface area contributed by atoms with Crippen molar-refractivity contribution in [2.45, 2.75) is 25.9 Å². The van der Waals surface area contributed by atoms with Crippen molar-refractivity contribution in [2.75, 3.05) is 7.11 Å². The minimum absolute atomic E-state index is 0.0403. The number of ether oxygens (including phenoxy) is 1. The average Bonchev–Trinajstić information content (AvgIpc) is 2.53. The summed E-state index contributed by atoms with van der Waals surface area (Å²) < 4.78 is 4.81. The number of rotatable bonds is 5. The molecule has 0 bridgehead atoms. The Labute approximate surface area is 126 Å². The van der Waals surface area contributed by atoms with Crippen molar-refractivity contribution in [3.05, 3.63) is 71.3 Å². The third kappa shape index (κ3) is 3.70. The summed E-state index contributed by atoms with van der Waals surface area (Å²) in [7, 11) is 1.41. The van der Waals surface area contributed by atoms with Crippen molar-refractivity contribution in [3.63, 3.8) is 0 Å². The van der Waals surface area contributed by atoms with E-state index in [2.05, 4.69) is 36.5 Å². The molecule has 1 N–H and O–H groups in total. The Morgan fingerprint density at radius 3 is 2.29 bits per heavy atom. The van der Waals surface area contributed by atoms with Gasteiger partial charge in [-0.2, -0.15) is 0 Å². The third-order valence-electron chi connectivity index (χ3n) is 3.60. The van der Waals surface area contributed by atoms with Crippen LogP contribution >= 0.6 is 0 Å². The largest absolute Gasteiger partial charge is 0.468 e. The van der Waals surface area contributed by atoms with Crippen LogP contribution in [0.5, 0.6) is 0 Å². The molecular weight excluding hydrogens is 262 g/mol. The summed E-state index contributed by atoms with van der Waals surface area (Å²) in [6.45, 7) is 3.90. The molecule has 0 fully saturated rings. The Kier molecular flexibility index (Phi) is 5.12. The summed E-state index contributed by atoms with van der Waals surface area (Å²) in [6, 6.07) is 17.9. The maximum absolute atomic E-state index is 11.7. The van der Waals surface area contributed by atoms with Crippen LogP contribution < -0.4 is 5.32 Å². The summed E-state index contributed by atoms with van der Waals surface area (Å²) in [4.78, 5) is 11.7. The number of nitrogens with one attached hydrogen (secondary N) is 1. The van der Waals surface area contributed by atoms with Crippen molar-refractivity contribution in [1.82, 2.24) is 5.32 Å². The number of methoxy groups -OCH3 is 1. The molecule has 0 spiro atoms. The molecule has 0 saturated carbocycles. The number of hydrogen-bond acceptors (Lipinski definition) is 3. The fourth-order valence-electron chi connectivity index (χ4n) is 2.42. The van der Waals surface area contributed by atoms with E-state index in [0.29, 0.717) is 0 Å². The quantitative estimate of drug-likeness (QED) is 0.856. The fraction of sp³-hybridized carbons (Fsp3) is 0.278. The molecule has 3 nitrogen and oxygen atoms in total. The van der Waals surface area contributed by atoms with Gasteiger partial charge in [-0.15, -0.1) is 0 Å². The first-order valence-corrected chi connectivity index (χ1v) is 7.08. The molecule has 0 amide bonds. The first-order chi connectivity index (χ1) is 10.1. The normalized spacial score (nSPS) is 13.5. The van der Waals surface area contributed by atoms with Gasteiger partial charge in [-0.25, -0.2) is 0 Å². The van der Waals surface area contributed by atoms with E-state index in [1.165, 1.54) is 18.2 Å². The predicted molar refractivity (Wildman–Crippen MR) is 84.1 cm³/mol. The Balaban J connectivity index is 2.36. The molecule has 21 heavy (non-hydrogen) atoms. The van der Waals surface area contributed by atoms with Gasteiger partial charge in [-0.05, 0) is 30.5 Å². The zero-order valence-electron chi connectivity index (χ0n) is 12.7. The highest BCUT2D eigenvalue weighted by Gasteiger charge is 2.21. The highest BCUT2D eigenvalue weighted by Crippen LogP contribution is 2.25. The number of carbonyl (C=O) groups is 1. The van der Waals surface area contributed by atoms with E-state index >= 15 is 0 Å². The topological polar surface area (TPSA) is 38.3 Å². The Bertz CT molecular complexity index is 595. The standard InChI is InChI=1S/C18H21NO2/c1-13-9-7-8-12-16(13)17(15-10-5-4-6-11-15)19-14(2)18(20)21-3/h4-12,14,17,19H,1-3H3. The molecule has 2 rings (SSSR count). The highest BCUT2D eigenvalue weighted by molar-refractivity contribution is 5.75. The summed E-state index contributed by atoms with van der Waals surface area (Å²) in [5.41, 5.74) is 3.48. The Morgan fingerprint density at radius 2 is 1.67 bits per heavy atom. The van der Waals surface area contributed by atoms with Gasteiger partial charge in [0.05, 0.1) is 13.2 Å². The van der Waals surface area contributed by atoms with E-state index in [0.717, 1.165) is 5.56 Å². The minimum Gasteiger partial charge on any atom is -0.468 e. The average molecular weight is 283 g/mol. The van der Waals surface area contributed by atoms with Crippen LogP contribution in [0.4, 0.5) is 0 Å². The summed E-state index contributed by atoms with van der Waals surface area (Å²) >= 11 is 0. The number of hydrogen-bond donors (Lipinski definition) is 1. The fourth-order valence-corrected chi connectivity index (χ4v) is 2.42. The van der Waals surface area contributed by atoms with Crippen LogP contribution in [0.15, 0.2) is 54.6 Å². The lowest BCUT2D eigenvalue weighted by Gasteiger charge is -2.24. The van der Waals surface area contributed by atoms with Gasteiger partial charge in [-0.3, -0.25) is 10.1 Å². The van der Waals surface area contributed by atoms with Crippen molar-refractivity contribution in [1.29, 1.82) is 0 Å². The zero-order valence-corrected chi connectivity index (χ0v) is 12.7. The molecule has 2 aromatic carbocycles. The van der Waals surface area contributed by atoms with Crippen LogP contribution in [-0.4, -0.2) is 19.1 Å². The molecule has 110 valence electrons. The predicted octanol–water partition coefficient (Wildman–Crippen LogP) is 3.24. The van der Waals surface area contributed by atoms with Gasteiger partial charge in [0.2, 0.25) is 0 Å². The SMILES string of the molecule is COC(=O)C(C)NC(c1ccccc1)c1ccccc1C. The van der Waals surface area contributed by atoms with Crippen LogP contribution in [0.25, 0.3) is 0 Å². The lowest BCUT2D eigenvalue weighted by atomic mass is 9.94. The van der Waals surface area contributed by atoms with Gasteiger partial charge in [0.1, 0.15) is 6.04 Å². The molecule has 2 aromatic rings. The maximum atomic E-state index is 11.7. The molecule has 0 aliphatic rings. The van der Waals surface area contributed by atoms with Crippen molar-refractivity contribution in [3.8, 4) is 0 Å². The number of aryl methyl sites for hydroxylation is 1. The maximum Gasteiger partial charge on any atom is 0.322 e. The number of benzene rings is 2. The van der Waals surface area contributed by atoms with E-state index in [-0.39, 0.29) is 18.1 Å². The van der Waals surface area contributed by atoms with Crippen LogP contribution in [0.2, 0.25) is 0 Å². The lowest BCUT2D eigenvalue weighted by molar-refractivity contribution is -0.142. The van der Waals surface area contributed by atoms with Gasteiger partial charge < -0.3 is 4.74 Å². The van der Waals surface area contributed by atoms with E-state index in [1.54, 1.807) is 0 Å². The van der Waals surface area contributed by atoms with Gasteiger partial charge in [0.25, 0.3) is 0 Å². The second-order valence-electron chi connectivity index (χ2n) is 5.11. The molecule has 0 radical (unpaired) electrons. The zero-order chi connectivity index (χ0) is 15.2. The molecule has 2 unspecified atom stereocenters. The van der Waals surface area contributed by atoms with Gasteiger partial charge in [0, 0.05) is 0 Å². The molecule has 0 heterocycles. The molecule has 0 aromatic heterocycles. The summed E-state index contributed by atoms with van der Waals surface area (Å²) in [5, 5.41) is 3.37. The second kappa shape index (κ2) is 7.04. The Hall–Kier alpha value is -2.13. The first kappa shape index (κ1) is 15.3. The molecular formula is C18H21NO2. The highest BCUT2D eigenvalue weighted by atomic mass is 16.5. The van der Waals surface area contributed by atoms with E-state index < -0.39 is 0 Å². The van der Waals surface area contributed by atoms with Crippen LogP contribution in [0, 0.1) is 6.92 Å². The van der Waals surface area contributed by atoms with Gasteiger partial charge in [-0.1, -0.05) is 54.6 Å². The number of esters is 1. The number of carbonyl (C=O) groups excluding carboxylic acids is 1.